The largest absolute Gasteiger partial charge is 0.417 e. The molecule has 7 nitrogen and oxygen atoms in total. The van der Waals surface area contributed by atoms with Crippen molar-refractivity contribution < 1.29 is 26.3 Å². The third-order valence-electron chi connectivity index (χ3n) is 17.8. The molecule has 16 rings (SSSR count). The van der Waals surface area contributed by atoms with Gasteiger partial charge in [0.05, 0.1) is 79.0 Å². The first-order chi connectivity index (χ1) is 46.8. The lowest BCUT2D eigenvalue weighted by molar-refractivity contribution is -0.142. The molecule has 6 aromatic heterocycles. The molecule has 0 amide bonds. The first-order valence-corrected chi connectivity index (χ1v) is 30.9. The Labute approximate surface area is 546 Å². The molecule has 0 atom stereocenters. The van der Waals surface area contributed by atoms with Crippen molar-refractivity contribution in [3.8, 4) is 118 Å². The second-order valence-corrected chi connectivity index (χ2v) is 23.5. The van der Waals surface area contributed by atoms with Gasteiger partial charge >= 0.3 is 12.4 Å². The zero-order valence-electron chi connectivity index (χ0n) is 50.7. The number of fused-ring (bicyclic) bond motifs is 6. The number of alkyl halides is 6. The van der Waals surface area contributed by atoms with Crippen molar-refractivity contribution in [1.82, 2.24) is 29.1 Å². The van der Waals surface area contributed by atoms with Gasteiger partial charge in [-0.05, 0) is 95.1 Å². The Morgan fingerprint density at radius 1 is 0.271 bits per heavy atom. The molecule has 0 aliphatic heterocycles. The summed E-state index contributed by atoms with van der Waals surface area (Å²) in [5, 5.41) is 14.0. The van der Waals surface area contributed by atoms with Crippen LogP contribution >= 0.6 is 0 Å². The molecular formula is C83H49F6N7. The molecule has 0 aliphatic carbocycles. The zero-order valence-corrected chi connectivity index (χ0v) is 50.7. The summed E-state index contributed by atoms with van der Waals surface area (Å²) in [6, 6.07) is 84.1. The number of benzene rings is 10. The lowest BCUT2D eigenvalue weighted by atomic mass is 9.89. The average Bonchev–Trinajstić information content (AvgIpc) is 1.40. The van der Waals surface area contributed by atoms with E-state index in [1.807, 2.05) is 243 Å². The summed E-state index contributed by atoms with van der Waals surface area (Å²) < 4.78 is 102. The van der Waals surface area contributed by atoms with E-state index in [9.17, 15) is 5.26 Å². The van der Waals surface area contributed by atoms with Crippen molar-refractivity contribution in [2.24, 2.45) is 0 Å². The van der Waals surface area contributed by atoms with Crippen molar-refractivity contribution in [1.29, 1.82) is 5.26 Å². The minimum absolute atomic E-state index is 0.0470. The van der Waals surface area contributed by atoms with Gasteiger partial charge in [0.15, 0.2) is 0 Å². The van der Waals surface area contributed by atoms with Crippen LogP contribution in [-0.4, -0.2) is 29.1 Å². The molecule has 16 aromatic rings. The van der Waals surface area contributed by atoms with Crippen LogP contribution in [0.4, 0.5) is 26.3 Å². The maximum Gasteiger partial charge on any atom is 0.417 e. The first kappa shape index (κ1) is 58.5. The molecule has 6 heterocycles. The van der Waals surface area contributed by atoms with Crippen LogP contribution in [-0.2, 0) is 12.4 Å². The standard InChI is InChI=1S/C83H49F6N7/c84-82(85,86)68-22-13-23-69(83(87,88)89)80(68)81-78(95-74-42-56(60-28-36-70(91-47-60)52-14-5-1-6-15-52)24-32-64(74)65-33-25-57(43-75(65)95)61-29-37-71(92-48-61)53-16-7-2-8-17-53)40-51(46-90)41-79(81)96-76-44-58(62-30-38-72(93-49-62)54-18-9-3-10-19-54)26-34-66(76)67-35-27-59(45-77(67)96)63-31-39-73(94-50-63)55-20-11-4-12-21-55/h1-45,47-50H. The van der Waals surface area contributed by atoms with Crippen LogP contribution in [0.2, 0.25) is 0 Å². The number of hydrogen-bond donors (Lipinski definition) is 0. The number of halogens is 6. The summed E-state index contributed by atoms with van der Waals surface area (Å²) in [4.78, 5) is 19.4. The molecule has 0 N–H and O–H groups in total. The number of aromatic nitrogens is 6. The second-order valence-electron chi connectivity index (χ2n) is 23.5. The third kappa shape index (κ3) is 10.6. The lowest BCUT2D eigenvalue weighted by Crippen LogP contribution is -2.16. The number of nitrogens with zero attached hydrogens (tertiary/aromatic N) is 7. The Kier molecular flexibility index (Phi) is 14.4. The van der Waals surface area contributed by atoms with Crippen LogP contribution in [0, 0.1) is 11.3 Å². The Balaban J connectivity index is 1.02. The van der Waals surface area contributed by atoms with Gasteiger partial charge in [0.25, 0.3) is 0 Å². The highest BCUT2D eigenvalue weighted by Gasteiger charge is 2.43. The van der Waals surface area contributed by atoms with Gasteiger partial charge in [-0.2, -0.15) is 31.6 Å². The van der Waals surface area contributed by atoms with Gasteiger partial charge in [0.2, 0.25) is 0 Å². The number of pyridine rings is 4. The Bertz CT molecular complexity index is 5070. The fraction of sp³-hybridized carbons (Fsp3) is 0.0241. The van der Waals surface area contributed by atoms with Crippen molar-refractivity contribution in [2.75, 3.05) is 0 Å². The molecule has 0 aliphatic rings. The summed E-state index contributed by atoms with van der Waals surface area (Å²) in [6.45, 7) is 0. The molecule has 0 spiro atoms. The zero-order chi connectivity index (χ0) is 65.2. The second kappa shape index (κ2) is 23.5. The number of nitriles is 1. The van der Waals surface area contributed by atoms with E-state index in [1.54, 1.807) is 33.9 Å². The van der Waals surface area contributed by atoms with E-state index in [0.717, 1.165) is 51.1 Å². The van der Waals surface area contributed by atoms with Crippen molar-refractivity contribution >= 4 is 43.6 Å². The molecule has 0 radical (unpaired) electrons. The quantitative estimate of drug-likeness (QED) is 0.120. The van der Waals surface area contributed by atoms with E-state index in [-0.39, 0.29) is 16.9 Å². The molecular weight excluding hydrogens is 1210 g/mol. The van der Waals surface area contributed by atoms with E-state index in [4.69, 9.17) is 19.9 Å². The fourth-order valence-electron chi connectivity index (χ4n) is 13.2. The van der Waals surface area contributed by atoms with Gasteiger partial charge in [-0.3, -0.25) is 19.9 Å². The van der Waals surface area contributed by atoms with Crippen molar-refractivity contribution in [3.63, 3.8) is 0 Å². The fourth-order valence-corrected chi connectivity index (χ4v) is 13.2. The van der Waals surface area contributed by atoms with Gasteiger partial charge in [0.1, 0.15) is 0 Å². The molecule has 0 unspecified atom stereocenters. The predicted molar refractivity (Wildman–Crippen MR) is 370 cm³/mol. The van der Waals surface area contributed by atoms with Gasteiger partial charge in [-0.15, -0.1) is 0 Å². The minimum atomic E-state index is -5.35. The molecule has 458 valence electrons. The van der Waals surface area contributed by atoms with Crippen molar-refractivity contribution in [2.45, 2.75) is 12.4 Å². The van der Waals surface area contributed by atoms with Crippen LogP contribution < -0.4 is 0 Å². The SMILES string of the molecule is N#Cc1cc(-n2c3cc(-c4ccc(-c5ccccc5)nc4)ccc3c3ccc(-c4ccc(-c5ccccc5)nc4)cc32)c(-c2c(C(F)(F)F)cccc2C(F)(F)F)c(-n2c3cc(-c4ccc(-c5ccccc5)nc4)ccc3c3ccc(-c4ccc(-c5ccccc5)nc4)cc32)c1. The van der Waals surface area contributed by atoms with Crippen molar-refractivity contribution in [3.05, 3.63) is 314 Å². The maximum absolute atomic E-state index is 16.5. The smallest absolute Gasteiger partial charge is 0.308 e. The average molecular weight is 1260 g/mol. The first-order valence-electron chi connectivity index (χ1n) is 30.9. The highest BCUT2D eigenvalue weighted by atomic mass is 19.4. The van der Waals surface area contributed by atoms with Crippen LogP contribution in [0.25, 0.3) is 156 Å². The summed E-state index contributed by atoms with van der Waals surface area (Å²) in [5.74, 6) is 0. The summed E-state index contributed by atoms with van der Waals surface area (Å²) in [6.07, 6.45) is -3.75. The van der Waals surface area contributed by atoms with Crippen LogP contribution in [0.3, 0.4) is 0 Å². The molecule has 96 heavy (non-hydrogen) atoms. The van der Waals surface area contributed by atoms with E-state index in [0.29, 0.717) is 100 Å². The van der Waals surface area contributed by atoms with Gasteiger partial charge in [0, 0.05) is 102 Å². The molecule has 0 fully saturated rings. The highest BCUT2D eigenvalue weighted by Crippen LogP contribution is 2.52. The maximum atomic E-state index is 16.5. The summed E-state index contributed by atoms with van der Waals surface area (Å²) in [7, 11) is 0. The Morgan fingerprint density at radius 2 is 0.542 bits per heavy atom. The normalized spacial score (nSPS) is 11.8. The van der Waals surface area contributed by atoms with Gasteiger partial charge in [-0.25, -0.2) is 0 Å². The highest BCUT2D eigenvalue weighted by molar-refractivity contribution is 6.14. The monoisotopic (exact) mass is 1260 g/mol. The van der Waals surface area contributed by atoms with Crippen LogP contribution in [0.1, 0.15) is 16.7 Å². The van der Waals surface area contributed by atoms with Crippen LogP contribution in [0.5, 0.6) is 0 Å². The summed E-state index contributed by atoms with van der Waals surface area (Å²) in [5.41, 5.74) is 8.68. The molecule has 0 bridgehead atoms. The van der Waals surface area contributed by atoms with E-state index in [2.05, 4.69) is 6.07 Å². The number of hydrogen-bond acceptors (Lipinski definition) is 5. The predicted octanol–water partition coefficient (Wildman–Crippen LogP) is 22.4. The van der Waals surface area contributed by atoms with E-state index in [1.165, 1.54) is 12.1 Å². The van der Waals surface area contributed by atoms with Crippen LogP contribution in [0.15, 0.2) is 298 Å². The minimum Gasteiger partial charge on any atom is -0.308 e. The van der Waals surface area contributed by atoms with Gasteiger partial charge in [-0.1, -0.05) is 200 Å². The van der Waals surface area contributed by atoms with Gasteiger partial charge < -0.3 is 9.13 Å². The molecule has 13 heteroatoms. The molecule has 10 aromatic carbocycles. The van der Waals surface area contributed by atoms with E-state index < -0.39 is 34.6 Å². The topological polar surface area (TPSA) is 85.2 Å². The molecule has 0 saturated heterocycles. The number of rotatable bonds is 11. The Morgan fingerprint density at radius 3 is 0.781 bits per heavy atom. The van der Waals surface area contributed by atoms with E-state index >= 15 is 26.3 Å². The Hall–Kier alpha value is -12.5. The lowest BCUT2D eigenvalue weighted by Gasteiger charge is -2.26. The summed E-state index contributed by atoms with van der Waals surface area (Å²) >= 11 is 0. The molecule has 0 saturated carbocycles. The third-order valence-corrected chi connectivity index (χ3v) is 17.8.